The third kappa shape index (κ3) is 4.87. The number of likely N-dealkylation sites (tertiary alicyclic amines) is 2. The number of amides is 2. The largest absolute Gasteiger partial charge is 0.444 e. The standard InChI is InChI=1S/C21H28F3N3O3/c1-14(15-5-6-16(25-12-15)21(22,23)24)27-13-20(11-17(27)28)7-9-26(10-8-20)18(29)30-19(2,3)4/h5-6,12,14H,7-11,13H2,1-4H3. The summed E-state index contributed by atoms with van der Waals surface area (Å²) in [6, 6.07) is 1.96. The smallest absolute Gasteiger partial charge is 0.433 e. The molecule has 166 valence electrons. The molecule has 9 heteroatoms. The molecule has 2 aliphatic rings. The molecule has 2 amide bonds. The molecular formula is C21H28F3N3O3. The van der Waals surface area contributed by atoms with Crippen LogP contribution < -0.4 is 0 Å². The van der Waals surface area contributed by atoms with Gasteiger partial charge in [0.2, 0.25) is 5.91 Å². The number of pyridine rings is 1. The number of piperidine rings is 1. The van der Waals surface area contributed by atoms with Gasteiger partial charge in [0.15, 0.2) is 0 Å². The normalized spacial score (nSPS) is 20.6. The van der Waals surface area contributed by atoms with Crippen molar-refractivity contribution >= 4 is 12.0 Å². The summed E-state index contributed by atoms with van der Waals surface area (Å²) in [5.74, 6) is -0.0203. The van der Waals surface area contributed by atoms with E-state index in [0.29, 0.717) is 44.5 Å². The summed E-state index contributed by atoms with van der Waals surface area (Å²) in [4.78, 5) is 31.9. The molecule has 6 nitrogen and oxygen atoms in total. The van der Waals surface area contributed by atoms with Crippen molar-refractivity contribution in [1.82, 2.24) is 14.8 Å². The van der Waals surface area contributed by atoms with Gasteiger partial charge >= 0.3 is 12.3 Å². The highest BCUT2D eigenvalue weighted by atomic mass is 19.4. The summed E-state index contributed by atoms with van der Waals surface area (Å²) < 4.78 is 43.6. The molecule has 3 heterocycles. The number of aromatic nitrogens is 1. The minimum atomic E-state index is -4.49. The number of carbonyl (C=O) groups is 2. The molecule has 1 aromatic heterocycles. The van der Waals surface area contributed by atoms with Crippen LogP contribution in [-0.2, 0) is 15.7 Å². The van der Waals surface area contributed by atoms with Crippen LogP contribution in [0.25, 0.3) is 0 Å². The van der Waals surface area contributed by atoms with Crippen LogP contribution in [0.1, 0.15) is 64.3 Å². The van der Waals surface area contributed by atoms with Gasteiger partial charge in [0, 0.05) is 37.7 Å². The summed E-state index contributed by atoms with van der Waals surface area (Å²) in [5.41, 5.74) is -1.16. The third-order valence-electron chi connectivity index (χ3n) is 5.85. The van der Waals surface area contributed by atoms with Crippen molar-refractivity contribution in [3.8, 4) is 0 Å². The Hall–Kier alpha value is -2.32. The van der Waals surface area contributed by atoms with Crippen LogP contribution in [-0.4, -0.2) is 52.0 Å². The molecule has 2 saturated heterocycles. The molecule has 2 aliphatic heterocycles. The number of hydrogen-bond acceptors (Lipinski definition) is 4. The van der Waals surface area contributed by atoms with Crippen molar-refractivity contribution < 1.29 is 27.5 Å². The summed E-state index contributed by atoms with van der Waals surface area (Å²) in [5, 5.41) is 0. The lowest BCUT2D eigenvalue weighted by atomic mass is 9.77. The van der Waals surface area contributed by atoms with Gasteiger partial charge < -0.3 is 14.5 Å². The second-order valence-electron chi connectivity index (χ2n) is 9.32. The second kappa shape index (κ2) is 7.74. The Morgan fingerprint density at radius 1 is 1.20 bits per heavy atom. The fourth-order valence-electron chi connectivity index (χ4n) is 4.11. The van der Waals surface area contributed by atoms with Crippen LogP contribution in [0.4, 0.5) is 18.0 Å². The Labute approximate surface area is 174 Å². The number of hydrogen-bond donors (Lipinski definition) is 0. The molecule has 1 aromatic rings. The van der Waals surface area contributed by atoms with E-state index >= 15 is 0 Å². The molecule has 0 N–H and O–H groups in total. The van der Waals surface area contributed by atoms with E-state index in [-0.39, 0.29) is 23.5 Å². The molecule has 1 spiro atoms. The molecule has 2 fully saturated rings. The van der Waals surface area contributed by atoms with E-state index in [4.69, 9.17) is 4.74 Å². The SMILES string of the molecule is CC(c1ccc(C(F)(F)F)nc1)N1CC2(CCN(C(=O)OC(C)(C)C)CC2)CC1=O. The first-order valence-electron chi connectivity index (χ1n) is 10.1. The van der Waals surface area contributed by atoms with Gasteiger partial charge in [0.25, 0.3) is 0 Å². The van der Waals surface area contributed by atoms with Crippen LogP contribution in [0.3, 0.4) is 0 Å². The van der Waals surface area contributed by atoms with Crippen molar-refractivity contribution in [2.75, 3.05) is 19.6 Å². The summed E-state index contributed by atoms with van der Waals surface area (Å²) in [7, 11) is 0. The zero-order valence-electron chi connectivity index (χ0n) is 17.8. The molecule has 0 bridgehead atoms. The van der Waals surface area contributed by atoms with Crippen LogP contribution in [0, 0.1) is 5.41 Å². The average molecular weight is 427 g/mol. The van der Waals surface area contributed by atoms with Crippen molar-refractivity contribution in [2.45, 2.75) is 64.8 Å². The number of halogens is 3. The van der Waals surface area contributed by atoms with Gasteiger partial charge in [-0.3, -0.25) is 9.78 Å². The Bertz CT molecular complexity index is 794. The van der Waals surface area contributed by atoms with Crippen LogP contribution in [0.5, 0.6) is 0 Å². The molecule has 0 radical (unpaired) electrons. The molecule has 0 saturated carbocycles. The predicted molar refractivity (Wildman–Crippen MR) is 103 cm³/mol. The fraction of sp³-hybridized carbons (Fsp3) is 0.667. The Kier molecular flexibility index (Phi) is 5.77. The zero-order valence-corrected chi connectivity index (χ0v) is 17.8. The molecule has 30 heavy (non-hydrogen) atoms. The van der Waals surface area contributed by atoms with Crippen molar-refractivity contribution in [3.05, 3.63) is 29.6 Å². The first-order valence-corrected chi connectivity index (χ1v) is 10.1. The van der Waals surface area contributed by atoms with Gasteiger partial charge in [-0.15, -0.1) is 0 Å². The van der Waals surface area contributed by atoms with Gasteiger partial charge in [0.05, 0.1) is 6.04 Å². The highest BCUT2D eigenvalue weighted by Gasteiger charge is 2.47. The first-order chi connectivity index (χ1) is 13.8. The van der Waals surface area contributed by atoms with Gasteiger partial charge in [-0.1, -0.05) is 6.07 Å². The van der Waals surface area contributed by atoms with E-state index in [1.165, 1.54) is 12.3 Å². The number of rotatable bonds is 2. The lowest BCUT2D eigenvalue weighted by Crippen LogP contribution is -2.46. The quantitative estimate of drug-likeness (QED) is 0.701. The topological polar surface area (TPSA) is 62.7 Å². The summed E-state index contributed by atoms with van der Waals surface area (Å²) in [6.45, 7) is 8.83. The van der Waals surface area contributed by atoms with E-state index in [9.17, 15) is 22.8 Å². The Morgan fingerprint density at radius 2 is 1.83 bits per heavy atom. The highest BCUT2D eigenvalue weighted by molar-refractivity contribution is 5.80. The highest BCUT2D eigenvalue weighted by Crippen LogP contribution is 2.44. The van der Waals surface area contributed by atoms with Crippen molar-refractivity contribution in [1.29, 1.82) is 0 Å². The van der Waals surface area contributed by atoms with Gasteiger partial charge in [-0.2, -0.15) is 13.2 Å². The fourth-order valence-corrected chi connectivity index (χ4v) is 4.11. The minimum Gasteiger partial charge on any atom is -0.444 e. The third-order valence-corrected chi connectivity index (χ3v) is 5.85. The minimum absolute atomic E-state index is 0.0203. The molecule has 1 unspecified atom stereocenters. The summed E-state index contributed by atoms with van der Waals surface area (Å²) >= 11 is 0. The van der Waals surface area contributed by atoms with Gasteiger partial charge in [-0.25, -0.2) is 4.79 Å². The van der Waals surface area contributed by atoms with Crippen molar-refractivity contribution in [2.24, 2.45) is 5.41 Å². The zero-order chi connectivity index (χ0) is 22.3. The number of nitrogens with zero attached hydrogens (tertiary/aromatic N) is 3. The Balaban J connectivity index is 1.63. The summed E-state index contributed by atoms with van der Waals surface area (Å²) in [6.07, 6.45) is -1.89. The number of ether oxygens (including phenoxy) is 1. The maximum Gasteiger partial charge on any atom is 0.433 e. The lowest BCUT2D eigenvalue weighted by Gasteiger charge is -2.39. The van der Waals surface area contributed by atoms with Crippen molar-refractivity contribution in [3.63, 3.8) is 0 Å². The molecular weight excluding hydrogens is 399 g/mol. The average Bonchev–Trinajstić information content (AvgIpc) is 2.95. The van der Waals surface area contributed by atoms with E-state index in [2.05, 4.69) is 4.98 Å². The Morgan fingerprint density at radius 3 is 2.33 bits per heavy atom. The number of carbonyl (C=O) groups excluding carboxylic acids is 2. The first kappa shape index (κ1) is 22.4. The van der Waals surface area contributed by atoms with Gasteiger partial charge in [0.1, 0.15) is 11.3 Å². The van der Waals surface area contributed by atoms with Gasteiger partial charge in [-0.05, 0) is 52.2 Å². The van der Waals surface area contributed by atoms with E-state index in [1.54, 1.807) is 16.7 Å². The van der Waals surface area contributed by atoms with E-state index in [1.807, 2.05) is 20.8 Å². The number of alkyl halides is 3. The molecule has 0 aliphatic carbocycles. The van der Waals surface area contributed by atoms with Crippen LogP contribution >= 0.6 is 0 Å². The van der Waals surface area contributed by atoms with E-state index in [0.717, 1.165) is 6.07 Å². The maximum absolute atomic E-state index is 12.7. The predicted octanol–water partition coefficient (Wildman–Crippen LogP) is 4.41. The maximum atomic E-state index is 12.7. The molecule has 0 aromatic carbocycles. The van der Waals surface area contributed by atoms with Crippen LogP contribution in [0.15, 0.2) is 18.3 Å². The lowest BCUT2D eigenvalue weighted by molar-refractivity contribution is -0.141. The molecule has 1 atom stereocenters. The molecule has 3 rings (SSSR count). The van der Waals surface area contributed by atoms with Crippen LogP contribution in [0.2, 0.25) is 0 Å². The monoisotopic (exact) mass is 427 g/mol. The van der Waals surface area contributed by atoms with E-state index < -0.39 is 17.5 Å². The second-order valence-corrected chi connectivity index (χ2v) is 9.32.